The Balaban J connectivity index is 1.67. The number of benzene rings is 1. The van der Waals surface area contributed by atoms with Crippen LogP contribution in [0.1, 0.15) is 49.7 Å². The molecule has 4 heteroatoms. The SMILES string of the molecule is CC(O)Cc1cnc(-c2ccc(C3CCC(C=O)CC3)cc2)nc1. The van der Waals surface area contributed by atoms with Crippen molar-refractivity contribution in [1.29, 1.82) is 0 Å². The minimum absolute atomic E-state index is 0.258. The van der Waals surface area contributed by atoms with Crippen molar-refractivity contribution in [2.45, 2.75) is 51.0 Å². The summed E-state index contributed by atoms with van der Waals surface area (Å²) in [6.07, 6.45) is 9.05. The summed E-state index contributed by atoms with van der Waals surface area (Å²) < 4.78 is 0. The van der Waals surface area contributed by atoms with Gasteiger partial charge >= 0.3 is 0 Å². The third kappa shape index (κ3) is 4.06. The maximum Gasteiger partial charge on any atom is 0.159 e. The second kappa shape index (κ2) is 7.67. The van der Waals surface area contributed by atoms with E-state index in [0.29, 0.717) is 18.2 Å². The van der Waals surface area contributed by atoms with Crippen molar-refractivity contribution in [1.82, 2.24) is 9.97 Å². The molecule has 1 atom stereocenters. The molecular weight excluding hydrogens is 300 g/mol. The molecule has 3 rings (SSSR count). The van der Waals surface area contributed by atoms with Crippen molar-refractivity contribution in [3.8, 4) is 11.4 Å². The van der Waals surface area contributed by atoms with E-state index in [1.54, 1.807) is 19.3 Å². The summed E-state index contributed by atoms with van der Waals surface area (Å²) in [7, 11) is 0. The quantitative estimate of drug-likeness (QED) is 0.855. The average molecular weight is 324 g/mol. The number of nitrogens with zero attached hydrogens (tertiary/aromatic N) is 2. The number of aliphatic hydroxyl groups excluding tert-OH is 1. The van der Waals surface area contributed by atoms with Gasteiger partial charge < -0.3 is 9.90 Å². The lowest BCUT2D eigenvalue weighted by Gasteiger charge is -2.25. The number of hydrogen-bond donors (Lipinski definition) is 1. The molecule has 1 saturated carbocycles. The Morgan fingerprint density at radius 1 is 1.12 bits per heavy atom. The minimum Gasteiger partial charge on any atom is -0.393 e. The summed E-state index contributed by atoms with van der Waals surface area (Å²) in [6, 6.07) is 8.47. The highest BCUT2D eigenvalue weighted by Crippen LogP contribution is 2.35. The number of aliphatic hydroxyl groups is 1. The van der Waals surface area contributed by atoms with Crippen molar-refractivity contribution in [3.05, 3.63) is 47.8 Å². The zero-order chi connectivity index (χ0) is 16.9. The topological polar surface area (TPSA) is 63.1 Å². The molecule has 4 nitrogen and oxygen atoms in total. The molecule has 1 heterocycles. The zero-order valence-electron chi connectivity index (χ0n) is 14.1. The van der Waals surface area contributed by atoms with Crippen LogP contribution in [0.5, 0.6) is 0 Å². The molecule has 0 spiro atoms. The van der Waals surface area contributed by atoms with Gasteiger partial charge in [0.15, 0.2) is 5.82 Å². The predicted octanol–water partition coefficient (Wildman–Crippen LogP) is 3.54. The minimum atomic E-state index is -0.381. The Kier molecular flexibility index (Phi) is 5.36. The second-order valence-corrected chi connectivity index (χ2v) is 6.84. The summed E-state index contributed by atoms with van der Waals surface area (Å²) in [4.78, 5) is 19.7. The van der Waals surface area contributed by atoms with Gasteiger partial charge in [-0.15, -0.1) is 0 Å². The zero-order valence-corrected chi connectivity index (χ0v) is 14.1. The molecule has 0 bridgehead atoms. The maximum atomic E-state index is 10.9. The van der Waals surface area contributed by atoms with E-state index in [-0.39, 0.29) is 12.0 Å². The van der Waals surface area contributed by atoms with E-state index in [0.717, 1.165) is 43.1 Å². The first-order chi connectivity index (χ1) is 11.7. The van der Waals surface area contributed by atoms with E-state index in [1.165, 1.54) is 5.56 Å². The molecule has 0 aliphatic heterocycles. The fourth-order valence-electron chi connectivity index (χ4n) is 3.44. The lowest BCUT2D eigenvalue weighted by atomic mass is 9.79. The number of hydrogen-bond acceptors (Lipinski definition) is 4. The summed E-state index contributed by atoms with van der Waals surface area (Å²) in [5.74, 6) is 1.53. The van der Waals surface area contributed by atoms with Crippen LogP contribution in [0, 0.1) is 5.92 Å². The van der Waals surface area contributed by atoms with Gasteiger partial charge in [0.1, 0.15) is 6.29 Å². The molecule has 0 radical (unpaired) electrons. The first kappa shape index (κ1) is 16.8. The Hall–Kier alpha value is -2.07. The van der Waals surface area contributed by atoms with Gasteiger partial charge in [0.05, 0.1) is 6.10 Å². The molecule has 0 amide bonds. The smallest absolute Gasteiger partial charge is 0.159 e. The van der Waals surface area contributed by atoms with Gasteiger partial charge in [-0.2, -0.15) is 0 Å². The van der Waals surface area contributed by atoms with Crippen molar-refractivity contribution >= 4 is 6.29 Å². The van der Waals surface area contributed by atoms with Crippen LogP contribution in [0.25, 0.3) is 11.4 Å². The number of rotatable bonds is 5. The molecule has 0 saturated heterocycles. The van der Waals surface area contributed by atoms with E-state index in [1.807, 2.05) is 0 Å². The number of aldehydes is 1. The fraction of sp³-hybridized carbons (Fsp3) is 0.450. The highest BCUT2D eigenvalue weighted by atomic mass is 16.3. The molecule has 1 unspecified atom stereocenters. The Labute approximate surface area is 143 Å². The molecule has 24 heavy (non-hydrogen) atoms. The third-order valence-corrected chi connectivity index (χ3v) is 4.84. The molecule has 1 fully saturated rings. The predicted molar refractivity (Wildman–Crippen MR) is 93.6 cm³/mol. The van der Waals surface area contributed by atoms with Crippen LogP contribution >= 0.6 is 0 Å². The lowest BCUT2D eigenvalue weighted by Crippen LogP contribution is -2.14. The number of carbonyl (C=O) groups is 1. The monoisotopic (exact) mass is 324 g/mol. The van der Waals surface area contributed by atoms with Gasteiger partial charge in [0.2, 0.25) is 0 Å². The normalized spacial score (nSPS) is 22.1. The molecule has 1 aromatic heterocycles. The summed E-state index contributed by atoms with van der Waals surface area (Å²) in [6.45, 7) is 1.76. The van der Waals surface area contributed by atoms with Crippen molar-refractivity contribution in [2.24, 2.45) is 5.92 Å². The average Bonchev–Trinajstić information content (AvgIpc) is 2.62. The van der Waals surface area contributed by atoms with Crippen LogP contribution in [0.3, 0.4) is 0 Å². The molecule has 126 valence electrons. The van der Waals surface area contributed by atoms with Crippen LogP contribution in [0.4, 0.5) is 0 Å². The van der Waals surface area contributed by atoms with Crippen LogP contribution in [-0.4, -0.2) is 27.5 Å². The van der Waals surface area contributed by atoms with Gasteiger partial charge in [-0.05, 0) is 49.7 Å². The van der Waals surface area contributed by atoms with E-state index < -0.39 is 0 Å². The lowest BCUT2D eigenvalue weighted by molar-refractivity contribution is -0.111. The summed E-state index contributed by atoms with van der Waals surface area (Å²) in [5.41, 5.74) is 3.29. The van der Waals surface area contributed by atoms with Crippen LogP contribution < -0.4 is 0 Å². The van der Waals surface area contributed by atoms with Crippen molar-refractivity contribution in [3.63, 3.8) is 0 Å². The van der Waals surface area contributed by atoms with Crippen LogP contribution in [0.2, 0.25) is 0 Å². The van der Waals surface area contributed by atoms with Gasteiger partial charge in [-0.25, -0.2) is 9.97 Å². The van der Waals surface area contributed by atoms with Gasteiger partial charge in [0, 0.05) is 30.3 Å². The molecular formula is C20H24N2O2. The van der Waals surface area contributed by atoms with Crippen molar-refractivity contribution in [2.75, 3.05) is 0 Å². The first-order valence-corrected chi connectivity index (χ1v) is 8.70. The molecule has 1 aromatic carbocycles. The molecule has 1 N–H and O–H groups in total. The Morgan fingerprint density at radius 2 is 1.75 bits per heavy atom. The molecule has 1 aliphatic rings. The third-order valence-electron chi connectivity index (χ3n) is 4.84. The van der Waals surface area contributed by atoms with E-state index in [4.69, 9.17) is 0 Å². The highest BCUT2D eigenvalue weighted by Gasteiger charge is 2.21. The molecule has 1 aliphatic carbocycles. The molecule has 2 aromatic rings. The van der Waals surface area contributed by atoms with Crippen molar-refractivity contribution < 1.29 is 9.90 Å². The van der Waals surface area contributed by atoms with Crippen LogP contribution in [0.15, 0.2) is 36.7 Å². The second-order valence-electron chi connectivity index (χ2n) is 6.84. The number of carbonyl (C=O) groups excluding carboxylic acids is 1. The van der Waals surface area contributed by atoms with Gasteiger partial charge in [0.25, 0.3) is 0 Å². The standard InChI is InChI=1S/C20H24N2O2/c1-14(24)10-16-11-21-20(22-12-16)19-8-6-18(7-9-19)17-4-2-15(13-23)3-5-17/h6-9,11-15,17,24H,2-5,10H2,1H3. The Bertz CT molecular complexity index is 657. The van der Waals surface area contributed by atoms with Crippen LogP contribution in [-0.2, 0) is 11.2 Å². The summed E-state index contributed by atoms with van der Waals surface area (Å²) in [5, 5.41) is 9.40. The van der Waals surface area contributed by atoms with E-state index >= 15 is 0 Å². The number of aromatic nitrogens is 2. The highest BCUT2D eigenvalue weighted by molar-refractivity contribution is 5.56. The maximum absolute atomic E-state index is 10.9. The largest absolute Gasteiger partial charge is 0.393 e. The first-order valence-electron chi connectivity index (χ1n) is 8.70. The Morgan fingerprint density at radius 3 is 2.29 bits per heavy atom. The van der Waals surface area contributed by atoms with E-state index in [2.05, 4.69) is 34.2 Å². The summed E-state index contributed by atoms with van der Waals surface area (Å²) >= 11 is 0. The fourth-order valence-corrected chi connectivity index (χ4v) is 3.44. The van der Waals surface area contributed by atoms with Gasteiger partial charge in [-0.3, -0.25) is 0 Å². The van der Waals surface area contributed by atoms with Gasteiger partial charge in [-0.1, -0.05) is 24.3 Å². The van der Waals surface area contributed by atoms with E-state index in [9.17, 15) is 9.90 Å².